The van der Waals surface area contributed by atoms with Crippen molar-refractivity contribution in [3.05, 3.63) is 0 Å². The first kappa shape index (κ1) is 59.1. The lowest BCUT2D eigenvalue weighted by Crippen LogP contribution is -2.44. The van der Waals surface area contributed by atoms with Gasteiger partial charge >= 0.3 is 25.9 Å². The Morgan fingerprint density at radius 2 is 1.23 bits per heavy atom. The zero-order chi connectivity index (χ0) is 48.4. The Morgan fingerprint density at radius 3 is 1.79 bits per heavy atom. The molecule has 0 aliphatic rings. The summed E-state index contributed by atoms with van der Waals surface area (Å²) in [5.74, 6) is -1.70. The van der Waals surface area contributed by atoms with Crippen molar-refractivity contribution in [3.8, 4) is 0 Å². The molecule has 0 fully saturated rings. The van der Waals surface area contributed by atoms with Gasteiger partial charge in [0.15, 0.2) is 0 Å². The molecule has 3 amide bonds. The SMILES string of the molecule is CNC(=O)COCC(=O)NCCC(C)(C)OCCC(C)(C)OC(=O)NCCOP(=O)(O)OCC(OC(=O)C(C)(C)CCC(C)(C)C)C(C)(C)COC(=O)C(C)(C)CCC(C)(C)N. The van der Waals surface area contributed by atoms with Crippen LogP contribution in [0.5, 0.6) is 0 Å². The maximum atomic E-state index is 13.6. The highest BCUT2D eigenvalue weighted by Crippen LogP contribution is 2.44. The average Bonchev–Trinajstić information content (AvgIpc) is 3.11. The number of nitrogens with one attached hydrogen (secondary N) is 3. The minimum Gasteiger partial charge on any atom is -0.465 e. The molecule has 0 aromatic rings. The maximum absolute atomic E-state index is 13.6. The second kappa shape index (κ2) is 25.0. The van der Waals surface area contributed by atoms with Crippen LogP contribution in [0.1, 0.15) is 142 Å². The smallest absolute Gasteiger partial charge is 0.465 e. The largest absolute Gasteiger partial charge is 0.472 e. The summed E-state index contributed by atoms with van der Waals surface area (Å²) < 4.78 is 51.7. The zero-order valence-corrected chi connectivity index (χ0v) is 41.7. The normalized spacial score (nSPS) is 14.6. The quantitative estimate of drug-likeness (QED) is 0.0242. The van der Waals surface area contributed by atoms with Crippen LogP contribution >= 0.6 is 7.82 Å². The summed E-state index contributed by atoms with van der Waals surface area (Å²) in [6.45, 7) is 26.3. The number of nitrogens with two attached hydrogens (primary N) is 1. The number of carbonyl (C=O) groups is 5. The van der Waals surface area contributed by atoms with Gasteiger partial charge in [0.1, 0.15) is 31.5 Å². The van der Waals surface area contributed by atoms with E-state index in [-0.39, 0.29) is 50.2 Å². The lowest BCUT2D eigenvalue weighted by molar-refractivity contribution is -0.176. The first-order valence-electron chi connectivity index (χ1n) is 21.4. The highest BCUT2D eigenvalue weighted by Gasteiger charge is 2.42. The van der Waals surface area contributed by atoms with Crippen LogP contribution in [0.15, 0.2) is 0 Å². The van der Waals surface area contributed by atoms with E-state index in [9.17, 15) is 33.4 Å². The van der Waals surface area contributed by atoms with Gasteiger partial charge in [-0.25, -0.2) is 9.36 Å². The number of esters is 2. The van der Waals surface area contributed by atoms with Crippen LogP contribution in [0.4, 0.5) is 4.79 Å². The molecule has 62 heavy (non-hydrogen) atoms. The Morgan fingerprint density at radius 1 is 0.661 bits per heavy atom. The number of phosphoric acid groups is 1. The molecule has 2 unspecified atom stereocenters. The van der Waals surface area contributed by atoms with Crippen LogP contribution in [0.25, 0.3) is 0 Å². The molecular formula is C43H83N4O14P. The summed E-state index contributed by atoms with van der Waals surface area (Å²) >= 11 is 0. The van der Waals surface area contributed by atoms with E-state index in [2.05, 4.69) is 36.7 Å². The van der Waals surface area contributed by atoms with Gasteiger partial charge in [-0.3, -0.25) is 28.2 Å². The van der Waals surface area contributed by atoms with Gasteiger partial charge in [0.25, 0.3) is 0 Å². The average molecular weight is 911 g/mol. The van der Waals surface area contributed by atoms with Gasteiger partial charge in [0, 0.05) is 37.5 Å². The van der Waals surface area contributed by atoms with E-state index in [0.717, 1.165) is 6.42 Å². The molecular weight excluding hydrogens is 827 g/mol. The number of hydrogen-bond acceptors (Lipinski definition) is 14. The first-order chi connectivity index (χ1) is 27.9. The van der Waals surface area contributed by atoms with Gasteiger partial charge in [0.2, 0.25) is 11.8 Å². The first-order valence-corrected chi connectivity index (χ1v) is 22.9. The van der Waals surface area contributed by atoms with Crippen molar-refractivity contribution >= 4 is 37.7 Å². The van der Waals surface area contributed by atoms with Crippen LogP contribution in [-0.4, -0.2) is 117 Å². The van der Waals surface area contributed by atoms with Crippen molar-refractivity contribution < 1.29 is 66.2 Å². The molecule has 0 aromatic heterocycles. The predicted molar refractivity (Wildman–Crippen MR) is 236 cm³/mol. The van der Waals surface area contributed by atoms with Gasteiger partial charge in [-0.05, 0) is 107 Å². The third-order valence-electron chi connectivity index (χ3n) is 10.1. The summed E-state index contributed by atoms with van der Waals surface area (Å²) in [7, 11) is -3.27. The molecule has 0 rings (SSSR count). The van der Waals surface area contributed by atoms with Crippen LogP contribution in [0.2, 0.25) is 0 Å². The molecule has 0 saturated heterocycles. The van der Waals surface area contributed by atoms with Crippen LogP contribution in [0, 0.1) is 21.7 Å². The Labute approximate surface area is 371 Å². The topological polar surface area (TPSA) is 249 Å². The highest BCUT2D eigenvalue weighted by molar-refractivity contribution is 7.47. The molecule has 0 bridgehead atoms. The van der Waals surface area contributed by atoms with Crippen LogP contribution in [0.3, 0.4) is 0 Å². The van der Waals surface area contributed by atoms with E-state index in [1.165, 1.54) is 7.05 Å². The van der Waals surface area contributed by atoms with Crippen molar-refractivity contribution in [2.24, 2.45) is 27.4 Å². The monoisotopic (exact) mass is 911 g/mol. The fourth-order valence-electron chi connectivity index (χ4n) is 5.13. The fourth-order valence-corrected chi connectivity index (χ4v) is 5.85. The summed E-state index contributed by atoms with van der Waals surface area (Å²) in [4.78, 5) is 73.1. The summed E-state index contributed by atoms with van der Waals surface area (Å²) in [5.41, 5.74) is 1.25. The van der Waals surface area contributed by atoms with Gasteiger partial charge in [-0.1, -0.05) is 34.6 Å². The zero-order valence-electron chi connectivity index (χ0n) is 40.8. The minimum absolute atomic E-state index is 0.0344. The molecule has 0 saturated carbocycles. The molecule has 18 nitrogen and oxygen atoms in total. The Bertz CT molecular complexity index is 1480. The lowest BCUT2D eigenvalue weighted by Gasteiger charge is -2.37. The second-order valence-corrected chi connectivity index (χ2v) is 22.5. The number of likely N-dealkylation sites (N-methyl/N-ethyl adjacent to an activating group) is 1. The van der Waals surface area contributed by atoms with E-state index < -0.39 is 78.2 Å². The number of amides is 3. The molecule has 0 aliphatic heterocycles. The van der Waals surface area contributed by atoms with E-state index in [1.807, 2.05) is 27.7 Å². The van der Waals surface area contributed by atoms with Gasteiger partial charge in [0.05, 0.1) is 36.3 Å². The summed E-state index contributed by atoms with van der Waals surface area (Å²) in [5, 5.41) is 7.59. The Kier molecular flexibility index (Phi) is 23.8. The molecule has 0 spiro atoms. The number of alkyl carbamates (subject to hydrolysis) is 1. The van der Waals surface area contributed by atoms with Crippen LogP contribution in [-0.2, 0) is 56.5 Å². The predicted octanol–water partition coefficient (Wildman–Crippen LogP) is 5.96. The fraction of sp³-hybridized carbons (Fsp3) is 0.884. The number of hydrogen-bond donors (Lipinski definition) is 5. The van der Waals surface area contributed by atoms with Gasteiger partial charge in [-0.15, -0.1) is 0 Å². The Balaban J connectivity index is 5.27. The molecule has 19 heteroatoms. The number of phosphoric ester groups is 1. The number of carbonyl (C=O) groups excluding carboxylic acids is 5. The van der Waals surface area contributed by atoms with Crippen molar-refractivity contribution in [1.29, 1.82) is 0 Å². The molecule has 2 atom stereocenters. The second-order valence-electron chi connectivity index (χ2n) is 21.1. The van der Waals surface area contributed by atoms with E-state index in [1.54, 1.807) is 55.4 Å². The molecule has 0 heterocycles. The molecule has 0 radical (unpaired) electrons. The maximum Gasteiger partial charge on any atom is 0.472 e. The molecule has 364 valence electrons. The number of rotatable bonds is 30. The third kappa shape index (κ3) is 27.4. The third-order valence-corrected chi connectivity index (χ3v) is 11.1. The van der Waals surface area contributed by atoms with E-state index in [0.29, 0.717) is 38.6 Å². The van der Waals surface area contributed by atoms with Gasteiger partial charge < -0.3 is 50.3 Å². The highest BCUT2D eigenvalue weighted by atomic mass is 31.2. The number of ether oxygens (including phenoxy) is 5. The van der Waals surface area contributed by atoms with Crippen molar-refractivity contribution in [1.82, 2.24) is 16.0 Å². The van der Waals surface area contributed by atoms with Crippen molar-refractivity contribution in [2.75, 3.05) is 59.8 Å². The molecule has 0 aliphatic carbocycles. The van der Waals surface area contributed by atoms with E-state index in [4.69, 9.17) is 38.5 Å². The summed E-state index contributed by atoms with van der Waals surface area (Å²) in [6.07, 6.45) is 1.21. The standard InChI is InChI=1S/C43H83N4O14P/c1-37(2,3)17-18-39(6,7)35(51)60-31(40(8,9)30-56-34(50)38(4,5)19-20-41(10,11)44)27-59-62(53,54)58-26-24-47-36(52)61-43(14,15)22-25-57-42(12,13)21-23-46-33(49)29-55-28-32(48)45-16/h31H,17-30,44H2,1-16H3,(H,45,48)(H,46,49)(H,47,52)(H,53,54). The molecule has 0 aromatic carbocycles. The van der Waals surface area contributed by atoms with Crippen molar-refractivity contribution in [3.63, 3.8) is 0 Å². The van der Waals surface area contributed by atoms with Crippen molar-refractivity contribution in [2.45, 2.75) is 165 Å². The minimum atomic E-state index is -4.74. The van der Waals surface area contributed by atoms with Gasteiger partial charge in [-0.2, -0.15) is 0 Å². The Hall–Kier alpha value is -2.86. The molecule has 6 N–H and O–H groups in total. The lowest BCUT2D eigenvalue weighted by atomic mass is 9.80. The van der Waals surface area contributed by atoms with E-state index >= 15 is 0 Å². The van der Waals surface area contributed by atoms with Crippen LogP contribution < -0.4 is 21.7 Å². The summed E-state index contributed by atoms with van der Waals surface area (Å²) in [6, 6.07) is 0.